The molecule has 0 spiro atoms. The summed E-state index contributed by atoms with van der Waals surface area (Å²) in [5.41, 5.74) is 1.51. The average Bonchev–Trinajstić information content (AvgIpc) is 3.37. The van der Waals surface area contributed by atoms with Crippen LogP contribution < -0.4 is 10.1 Å². The van der Waals surface area contributed by atoms with E-state index in [0.717, 1.165) is 42.5 Å². The van der Waals surface area contributed by atoms with Gasteiger partial charge in [0.2, 0.25) is 5.91 Å². The molecule has 1 aliphatic carbocycles. The molecule has 0 saturated heterocycles. The molecular formula is C25H28Cl2N4O4S2. The van der Waals surface area contributed by atoms with Crippen LogP contribution in [0.4, 0.5) is 5.00 Å². The van der Waals surface area contributed by atoms with Gasteiger partial charge in [-0.15, -0.1) is 21.5 Å². The molecule has 198 valence electrons. The van der Waals surface area contributed by atoms with Crippen molar-refractivity contribution in [2.75, 3.05) is 18.2 Å². The van der Waals surface area contributed by atoms with Crippen LogP contribution >= 0.6 is 46.3 Å². The highest BCUT2D eigenvalue weighted by molar-refractivity contribution is 7.99. The van der Waals surface area contributed by atoms with Crippen molar-refractivity contribution in [3.8, 4) is 5.75 Å². The molecule has 12 heteroatoms. The molecule has 0 bridgehead atoms. The predicted octanol–water partition coefficient (Wildman–Crippen LogP) is 6.59. The molecule has 3 aromatic rings. The van der Waals surface area contributed by atoms with Crippen LogP contribution in [0.2, 0.25) is 10.0 Å². The van der Waals surface area contributed by atoms with Crippen LogP contribution in [-0.4, -0.2) is 39.5 Å². The van der Waals surface area contributed by atoms with Crippen molar-refractivity contribution in [1.29, 1.82) is 0 Å². The van der Waals surface area contributed by atoms with Gasteiger partial charge in [0.25, 0.3) is 0 Å². The second-order valence-corrected chi connectivity index (χ2v) is 11.4. The zero-order chi connectivity index (χ0) is 26.5. The Bertz CT molecular complexity index is 1290. The fourth-order valence-electron chi connectivity index (χ4n) is 4.26. The normalized spacial score (nSPS) is 14.0. The van der Waals surface area contributed by atoms with Crippen LogP contribution in [-0.2, 0) is 28.9 Å². The number of benzene rings is 1. The number of fused-ring (bicyclic) bond motifs is 1. The second kappa shape index (κ2) is 12.5. The van der Waals surface area contributed by atoms with Crippen LogP contribution in [0.15, 0.2) is 23.4 Å². The second-order valence-electron chi connectivity index (χ2n) is 8.52. The molecule has 0 radical (unpaired) electrons. The van der Waals surface area contributed by atoms with E-state index < -0.39 is 12.1 Å². The predicted molar refractivity (Wildman–Crippen MR) is 147 cm³/mol. The van der Waals surface area contributed by atoms with E-state index in [-0.39, 0.29) is 11.7 Å². The van der Waals surface area contributed by atoms with E-state index in [4.69, 9.17) is 32.7 Å². The summed E-state index contributed by atoms with van der Waals surface area (Å²) in [6, 6.07) is 5.02. The van der Waals surface area contributed by atoms with Gasteiger partial charge in [-0.05, 0) is 57.2 Å². The summed E-state index contributed by atoms with van der Waals surface area (Å²) in [7, 11) is 1.37. The van der Waals surface area contributed by atoms with Crippen LogP contribution in [0, 0.1) is 0 Å². The minimum Gasteiger partial charge on any atom is -0.481 e. The van der Waals surface area contributed by atoms with Crippen molar-refractivity contribution in [3.05, 3.63) is 50.1 Å². The molecule has 37 heavy (non-hydrogen) atoms. The number of amides is 1. The van der Waals surface area contributed by atoms with E-state index in [1.54, 1.807) is 18.2 Å². The SMILES string of the molecule is CCn1c(SCC(=O)Nc2sc3c(c2C(=O)OC)CCCCC3)nnc1C(C)Oc1cc(Cl)ccc1Cl. The first-order valence-electron chi connectivity index (χ1n) is 12.0. The van der Waals surface area contributed by atoms with E-state index >= 15 is 0 Å². The van der Waals surface area contributed by atoms with Gasteiger partial charge < -0.3 is 19.4 Å². The first-order valence-corrected chi connectivity index (χ1v) is 14.6. The molecule has 8 nitrogen and oxygen atoms in total. The first-order chi connectivity index (χ1) is 17.8. The quantitative estimate of drug-likeness (QED) is 0.172. The Morgan fingerprint density at radius 1 is 1.22 bits per heavy atom. The standard InChI is InChI=1S/C25H28Cl2N4O4S2/c1-4-31-22(14(2)35-18-12-15(26)10-11-17(18)27)29-30-25(31)36-13-20(32)28-23-21(24(33)34-3)16-8-6-5-7-9-19(16)37-23/h10-12,14H,4-9,13H2,1-3H3,(H,28,32). The van der Waals surface area contributed by atoms with Gasteiger partial charge in [0.1, 0.15) is 10.8 Å². The summed E-state index contributed by atoms with van der Waals surface area (Å²) in [4.78, 5) is 26.6. The molecule has 1 atom stereocenters. The summed E-state index contributed by atoms with van der Waals surface area (Å²) in [6.07, 6.45) is 4.53. The number of aromatic nitrogens is 3. The molecule has 0 fully saturated rings. The Morgan fingerprint density at radius 2 is 2.00 bits per heavy atom. The number of hydrogen-bond donors (Lipinski definition) is 1. The number of thiophene rings is 1. The van der Waals surface area contributed by atoms with E-state index in [1.165, 1.54) is 30.2 Å². The lowest BCUT2D eigenvalue weighted by Crippen LogP contribution is -2.17. The van der Waals surface area contributed by atoms with E-state index in [1.807, 2.05) is 18.4 Å². The number of hydrogen-bond acceptors (Lipinski definition) is 8. The number of aryl methyl sites for hydroxylation is 1. The smallest absolute Gasteiger partial charge is 0.341 e. The van der Waals surface area contributed by atoms with Crippen molar-refractivity contribution in [2.24, 2.45) is 0 Å². The zero-order valence-electron chi connectivity index (χ0n) is 20.8. The van der Waals surface area contributed by atoms with Gasteiger partial charge in [-0.1, -0.05) is 41.4 Å². The molecule has 1 amide bonds. The Labute approximate surface area is 234 Å². The number of esters is 1. The Kier molecular flexibility index (Phi) is 9.39. The van der Waals surface area contributed by atoms with Crippen LogP contribution in [0.25, 0.3) is 0 Å². The van der Waals surface area contributed by atoms with E-state index in [2.05, 4.69) is 15.5 Å². The van der Waals surface area contributed by atoms with Gasteiger partial charge in [-0.25, -0.2) is 4.79 Å². The van der Waals surface area contributed by atoms with E-state index in [9.17, 15) is 9.59 Å². The van der Waals surface area contributed by atoms with Gasteiger partial charge in [-0.3, -0.25) is 4.79 Å². The van der Waals surface area contributed by atoms with Crippen molar-refractivity contribution < 1.29 is 19.1 Å². The van der Waals surface area contributed by atoms with Gasteiger partial charge in [-0.2, -0.15) is 0 Å². The lowest BCUT2D eigenvalue weighted by Gasteiger charge is -2.16. The lowest BCUT2D eigenvalue weighted by molar-refractivity contribution is -0.113. The van der Waals surface area contributed by atoms with Crippen LogP contribution in [0.1, 0.15) is 65.8 Å². The van der Waals surface area contributed by atoms with Gasteiger partial charge >= 0.3 is 5.97 Å². The maximum absolute atomic E-state index is 12.9. The summed E-state index contributed by atoms with van der Waals surface area (Å²) in [6.45, 7) is 4.41. The maximum atomic E-state index is 12.9. The number of carbonyl (C=O) groups excluding carboxylic acids is 2. The first kappa shape index (κ1) is 27.8. The number of anilines is 1. The summed E-state index contributed by atoms with van der Waals surface area (Å²) >= 11 is 15.1. The number of methoxy groups -OCH3 is 1. The number of carbonyl (C=O) groups is 2. The molecule has 0 saturated carbocycles. The van der Waals surface area contributed by atoms with Crippen LogP contribution in [0.5, 0.6) is 5.75 Å². The number of halogens is 2. The minimum absolute atomic E-state index is 0.108. The number of ether oxygens (including phenoxy) is 2. The third-order valence-electron chi connectivity index (χ3n) is 6.02. The summed E-state index contributed by atoms with van der Waals surface area (Å²) in [5, 5.41) is 13.6. The third kappa shape index (κ3) is 6.42. The zero-order valence-corrected chi connectivity index (χ0v) is 24.0. The molecule has 4 rings (SSSR count). The summed E-state index contributed by atoms with van der Waals surface area (Å²) < 4.78 is 12.9. The molecule has 1 aromatic carbocycles. The fourth-order valence-corrected chi connectivity index (χ4v) is 6.68. The summed E-state index contributed by atoms with van der Waals surface area (Å²) in [5.74, 6) is 0.532. The van der Waals surface area contributed by atoms with Crippen molar-refractivity contribution in [2.45, 2.75) is 63.8 Å². The fraction of sp³-hybridized carbons (Fsp3) is 0.440. The van der Waals surface area contributed by atoms with Gasteiger partial charge in [0.05, 0.1) is 23.4 Å². The largest absolute Gasteiger partial charge is 0.481 e. The third-order valence-corrected chi connectivity index (χ3v) is 8.74. The molecule has 1 aliphatic rings. The topological polar surface area (TPSA) is 95.3 Å². The highest BCUT2D eigenvalue weighted by atomic mass is 35.5. The maximum Gasteiger partial charge on any atom is 0.341 e. The van der Waals surface area contributed by atoms with Gasteiger partial charge in [0.15, 0.2) is 17.1 Å². The average molecular weight is 584 g/mol. The molecule has 1 N–H and O–H groups in total. The Morgan fingerprint density at radius 3 is 2.76 bits per heavy atom. The number of nitrogens with one attached hydrogen (secondary N) is 1. The number of nitrogens with zero attached hydrogens (tertiary/aromatic N) is 3. The number of rotatable bonds is 9. The molecule has 2 aromatic heterocycles. The monoisotopic (exact) mass is 582 g/mol. The molecule has 0 aliphatic heterocycles. The van der Waals surface area contributed by atoms with Crippen molar-refractivity contribution in [1.82, 2.24) is 14.8 Å². The highest BCUT2D eigenvalue weighted by Gasteiger charge is 2.27. The van der Waals surface area contributed by atoms with E-state index in [0.29, 0.717) is 43.9 Å². The van der Waals surface area contributed by atoms with Crippen LogP contribution in [0.3, 0.4) is 0 Å². The van der Waals surface area contributed by atoms with Crippen molar-refractivity contribution in [3.63, 3.8) is 0 Å². The highest BCUT2D eigenvalue weighted by Crippen LogP contribution is 2.38. The lowest BCUT2D eigenvalue weighted by atomic mass is 10.1. The van der Waals surface area contributed by atoms with Gasteiger partial charge in [0, 0.05) is 22.5 Å². The molecule has 1 unspecified atom stereocenters. The minimum atomic E-state index is -0.448. The Hall–Kier alpha value is -2.27. The molecule has 2 heterocycles. The Balaban J connectivity index is 1.45. The van der Waals surface area contributed by atoms with Crippen molar-refractivity contribution >= 4 is 63.2 Å². The number of thioether (sulfide) groups is 1. The molecular weight excluding hydrogens is 555 g/mol.